The van der Waals surface area contributed by atoms with E-state index in [9.17, 15) is 9.90 Å². The number of hydrogen-bond donors (Lipinski definition) is 2. The number of amides is 1. The molecule has 0 aliphatic heterocycles. The lowest BCUT2D eigenvalue weighted by molar-refractivity contribution is -0.119. The van der Waals surface area contributed by atoms with Crippen molar-refractivity contribution in [3.8, 4) is 5.75 Å². The predicted molar refractivity (Wildman–Crippen MR) is 98.9 cm³/mol. The van der Waals surface area contributed by atoms with Crippen LogP contribution in [0.1, 0.15) is 32.0 Å². The number of thioether (sulfide) groups is 1. The average molecular weight is 363 g/mol. The first-order chi connectivity index (χ1) is 11.8. The molecule has 0 saturated heterocycles. The quantitative estimate of drug-likeness (QED) is 0.739. The molecule has 0 aliphatic carbocycles. The van der Waals surface area contributed by atoms with Crippen LogP contribution in [0.5, 0.6) is 5.75 Å². The monoisotopic (exact) mass is 363 g/mol. The topological polar surface area (TPSA) is 76.4 Å². The zero-order chi connectivity index (χ0) is 18.4. The van der Waals surface area contributed by atoms with E-state index in [1.165, 1.54) is 11.8 Å². The van der Waals surface area contributed by atoms with Gasteiger partial charge in [0.1, 0.15) is 5.75 Å². The number of rotatable bonds is 7. The van der Waals surface area contributed by atoms with Gasteiger partial charge in [0.15, 0.2) is 5.16 Å². The van der Waals surface area contributed by atoms with Gasteiger partial charge in [-0.3, -0.25) is 4.79 Å². The summed E-state index contributed by atoms with van der Waals surface area (Å²) < 4.78 is 7.10. The minimum absolute atomic E-state index is 0.0398. The van der Waals surface area contributed by atoms with Gasteiger partial charge in [0, 0.05) is 12.1 Å². The first kappa shape index (κ1) is 19.3. The number of methoxy groups -OCH3 is 1. The smallest absolute Gasteiger partial charge is 0.230 e. The largest absolute Gasteiger partial charge is 0.497 e. The van der Waals surface area contributed by atoms with Crippen LogP contribution in [-0.2, 0) is 17.9 Å². The third-order valence-corrected chi connectivity index (χ3v) is 4.40. The molecule has 2 rings (SSSR count). The van der Waals surface area contributed by atoms with Gasteiger partial charge in [-0.2, -0.15) is 0 Å². The predicted octanol–water partition coefficient (Wildman–Crippen LogP) is 2.44. The molecule has 0 aliphatic rings. The number of ether oxygens (including phenoxy) is 1. The van der Waals surface area contributed by atoms with Crippen LogP contribution in [0.25, 0.3) is 0 Å². The number of carbonyl (C=O) groups is 1. The number of nitrogens with zero attached hydrogens (tertiary/aromatic N) is 2. The van der Waals surface area contributed by atoms with Crippen molar-refractivity contribution >= 4 is 17.7 Å². The lowest BCUT2D eigenvalue weighted by Crippen LogP contribution is -2.41. The van der Waals surface area contributed by atoms with Crippen molar-refractivity contribution in [2.45, 2.75) is 44.6 Å². The first-order valence-electron chi connectivity index (χ1n) is 8.04. The number of carbonyl (C=O) groups excluding carboxylic acids is 1. The Hall–Kier alpha value is -1.99. The van der Waals surface area contributed by atoms with Gasteiger partial charge in [0.25, 0.3) is 0 Å². The highest BCUT2D eigenvalue weighted by molar-refractivity contribution is 7.99. The molecular formula is C18H25N3O3S. The van der Waals surface area contributed by atoms with E-state index in [1.54, 1.807) is 13.3 Å². The van der Waals surface area contributed by atoms with Gasteiger partial charge in [0.2, 0.25) is 5.91 Å². The van der Waals surface area contributed by atoms with Crippen LogP contribution in [0.15, 0.2) is 35.6 Å². The van der Waals surface area contributed by atoms with Crippen molar-refractivity contribution < 1.29 is 14.6 Å². The van der Waals surface area contributed by atoms with Crippen LogP contribution in [0, 0.1) is 0 Å². The molecule has 0 spiro atoms. The Balaban J connectivity index is 2.09. The summed E-state index contributed by atoms with van der Waals surface area (Å²) in [5.74, 6) is 1.04. The maximum Gasteiger partial charge on any atom is 0.230 e. The van der Waals surface area contributed by atoms with E-state index in [0.29, 0.717) is 11.7 Å². The molecule has 25 heavy (non-hydrogen) atoms. The average Bonchev–Trinajstić information content (AvgIpc) is 2.94. The van der Waals surface area contributed by atoms with Gasteiger partial charge in [-0.1, -0.05) is 23.9 Å². The Bertz CT molecular complexity index is 705. The van der Waals surface area contributed by atoms with E-state index >= 15 is 0 Å². The second kappa shape index (κ2) is 8.40. The molecule has 1 amide bonds. The summed E-state index contributed by atoms with van der Waals surface area (Å²) in [6.07, 6.45) is 1.65. The van der Waals surface area contributed by atoms with Crippen LogP contribution in [-0.4, -0.2) is 39.0 Å². The van der Waals surface area contributed by atoms with E-state index in [4.69, 9.17) is 4.74 Å². The third kappa shape index (κ3) is 5.79. The normalized spacial score (nSPS) is 11.4. The fourth-order valence-electron chi connectivity index (χ4n) is 2.30. The maximum absolute atomic E-state index is 12.0. The fourth-order valence-corrected chi connectivity index (χ4v) is 3.10. The van der Waals surface area contributed by atoms with Crippen LogP contribution < -0.4 is 10.1 Å². The van der Waals surface area contributed by atoms with Crippen molar-refractivity contribution in [1.29, 1.82) is 0 Å². The number of aliphatic hydroxyl groups is 1. The summed E-state index contributed by atoms with van der Waals surface area (Å²) in [6.45, 7) is 6.32. The van der Waals surface area contributed by atoms with Gasteiger partial charge in [-0.05, 0) is 38.5 Å². The molecule has 1 heterocycles. The molecule has 0 atom stereocenters. The van der Waals surface area contributed by atoms with Crippen molar-refractivity contribution in [3.05, 3.63) is 41.7 Å². The Morgan fingerprint density at radius 1 is 1.32 bits per heavy atom. The third-order valence-electron chi connectivity index (χ3n) is 3.41. The number of benzene rings is 1. The molecular weight excluding hydrogens is 338 g/mol. The van der Waals surface area contributed by atoms with Crippen LogP contribution in [0.3, 0.4) is 0 Å². The molecule has 2 aromatic rings. The van der Waals surface area contributed by atoms with E-state index in [2.05, 4.69) is 10.3 Å². The van der Waals surface area contributed by atoms with E-state index in [0.717, 1.165) is 17.0 Å². The maximum atomic E-state index is 12.0. The number of aliphatic hydroxyl groups excluding tert-OH is 1. The van der Waals surface area contributed by atoms with E-state index < -0.39 is 0 Å². The Morgan fingerprint density at radius 3 is 2.56 bits per heavy atom. The number of hydrogen-bond acceptors (Lipinski definition) is 5. The number of imidazole rings is 1. The van der Waals surface area contributed by atoms with Gasteiger partial charge in [-0.15, -0.1) is 0 Å². The van der Waals surface area contributed by atoms with Crippen LogP contribution in [0.2, 0.25) is 0 Å². The number of aromatic nitrogens is 2. The zero-order valence-corrected chi connectivity index (χ0v) is 15.9. The SMILES string of the molecule is COc1ccc(Cn2c(CO)cnc2SCC(=O)NC(C)(C)C)cc1. The molecule has 0 saturated carbocycles. The van der Waals surface area contributed by atoms with E-state index in [1.807, 2.05) is 49.6 Å². The van der Waals surface area contributed by atoms with E-state index in [-0.39, 0.29) is 23.8 Å². The van der Waals surface area contributed by atoms with Crippen molar-refractivity contribution in [2.75, 3.05) is 12.9 Å². The summed E-state index contributed by atoms with van der Waals surface area (Å²) in [5.41, 5.74) is 1.52. The second-order valence-corrected chi connectivity index (χ2v) is 7.65. The molecule has 7 heteroatoms. The summed E-state index contributed by atoms with van der Waals surface area (Å²) in [4.78, 5) is 16.4. The van der Waals surface area contributed by atoms with Crippen molar-refractivity contribution in [2.24, 2.45) is 0 Å². The molecule has 2 N–H and O–H groups in total. The first-order valence-corrected chi connectivity index (χ1v) is 9.03. The number of nitrogens with one attached hydrogen (secondary N) is 1. The highest BCUT2D eigenvalue weighted by Crippen LogP contribution is 2.21. The summed E-state index contributed by atoms with van der Waals surface area (Å²) in [7, 11) is 1.63. The van der Waals surface area contributed by atoms with Gasteiger partial charge >= 0.3 is 0 Å². The Labute approximate surface area is 152 Å². The van der Waals surface area contributed by atoms with Crippen molar-refractivity contribution in [3.63, 3.8) is 0 Å². The Morgan fingerprint density at radius 2 is 2.00 bits per heavy atom. The molecule has 136 valence electrons. The molecule has 0 radical (unpaired) electrons. The highest BCUT2D eigenvalue weighted by Gasteiger charge is 2.16. The molecule has 1 aromatic carbocycles. The lowest BCUT2D eigenvalue weighted by atomic mass is 10.1. The standard InChI is InChI=1S/C18H25N3O3S/c1-18(2,3)20-16(23)12-25-17-19-9-14(11-22)21(17)10-13-5-7-15(24-4)8-6-13/h5-9,22H,10-12H2,1-4H3,(H,20,23). The molecule has 1 aromatic heterocycles. The fraction of sp³-hybridized carbons (Fsp3) is 0.444. The minimum Gasteiger partial charge on any atom is -0.497 e. The molecule has 0 bridgehead atoms. The molecule has 6 nitrogen and oxygen atoms in total. The summed E-state index contributed by atoms with van der Waals surface area (Å²) in [6, 6.07) is 7.74. The van der Waals surface area contributed by atoms with Gasteiger partial charge in [0.05, 0.1) is 31.4 Å². The van der Waals surface area contributed by atoms with Gasteiger partial charge < -0.3 is 19.7 Å². The minimum atomic E-state index is -0.258. The molecule has 0 fully saturated rings. The van der Waals surface area contributed by atoms with Crippen LogP contribution >= 0.6 is 11.8 Å². The zero-order valence-electron chi connectivity index (χ0n) is 15.1. The Kier molecular flexibility index (Phi) is 6.50. The van der Waals surface area contributed by atoms with Crippen molar-refractivity contribution in [1.82, 2.24) is 14.9 Å². The van der Waals surface area contributed by atoms with Crippen LogP contribution in [0.4, 0.5) is 0 Å². The summed E-state index contributed by atoms with van der Waals surface area (Å²) >= 11 is 1.36. The highest BCUT2D eigenvalue weighted by atomic mass is 32.2. The summed E-state index contributed by atoms with van der Waals surface area (Å²) in [5, 5.41) is 13.2. The lowest BCUT2D eigenvalue weighted by Gasteiger charge is -2.20. The van der Waals surface area contributed by atoms with Gasteiger partial charge in [-0.25, -0.2) is 4.98 Å². The molecule has 0 unspecified atom stereocenters. The second-order valence-electron chi connectivity index (χ2n) is 6.71.